The Labute approximate surface area is 79.5 Å². The molecule has 0 aliphatic carbocycles. The van der Waals surface area contributed by atoms with Crippen molar-refractivity contribution >= 4 is 5.97 Å². The average molecular weight is 185 g/mol. The molecule has 0 aromatic heterocycles. The van der Waals surface area contributed by atoms with Crippen molar-refractivity contribution < 1.29 is 9.90 Å². The van der Waals surface area contributed by atoms with Crippen LogP contribution in [0.1, 0.15) is 33.1 Å². The molecule has 1 saturated heterocycles. The normalized spacial score (nSPS) is 30.1. The number of rotatable bonds is 2. The molecule has 13 heavy (non-hydrogen) atoms. The summed E-state index contributed by atoms with van der Waals surface area (Å²) in [5.41, 5.74) is 0. The van der Waals surface area contributed by atoms with Crippen molar-refractivity contribution in [3.05, 3.63) is 0 Å². The predicted molar refractivity (Wildman–Crippen MR) is 51.6 cm³/mol. The minimum absolute atomic E-state index is 0.153. The Morgan fingerprint density at radius 2 is 2.15 bits per heavy atom. The number of nitrogens with one attached hydrogen (secondary N) is 1. The summed E-state index contributed by atoms with van der Waals surface area (Å²) in [6.45, 7) is 5.13. The highest BCUT2D eigenvalue weighted by Gasteiger charge is 2.30. The number of carboxylic acids is 1. The summed E-state index contributed by atoms with van der Waals surface area (Å²) in [7, 11) is 0. The van der Waals surface area contributed by atoms with Crippen LogP contribution in [0.5, 0.6) is 0 Å². The lowest BCUT2D eigenvalue weighted by Crippen LogP contribution is -2.42. The summed E-state index contributed by atoms with van der Waals surface area (Å²) in [5, 5.41) is 12.4. The molecule has 1 heterocycles. The van der Waals surface area contributed by atoms with Gasteiger partial charge in [0.1, 0.15) is 0 Å². The van der Waals surface area contributed by atoms with Gasteiger partial charge in [0.25, 0.3) is 0 Å². The first-order valence-corrected chi connectivity index (χ1v) is 5.09. The Hall–Kier alpha value is -0.570. The summed E-state index contributed by atoms with van der Waals surface area (Å²) in [6, 6.07) is 0.153. The van der Waals surface area contributed by atoms with Crippen LogP contribution in [0, 0.1) is 11.8 Å². The van der Waals surface area contributed by atoms with Crippen molar-refractivity contribution in [2.45, 2.75) is 39.2 Å². The summed E-state index contributed by atoms with van der Waals surface area (Å²) in [4.78, 5) is 11.0. The Bertz CT molecular complexity index is 180. The van der Waals surface area contributed by atoms with E-state index in [1.54, 1.807) is 0 Å². The topological polar surface area (TPSA) is 49.3 Å². The van der Waals surface area contributed by atoms with Crippen molar-refractivity contribution in [2.24, 2.45) is 11.8 Å². The van der Waals surface area contributed by atoms with Crippen LogP contribution in [-0.2, 0) is 4.79 Å². The Morgan fingerprint density at radius 1 is 1.46 bits per heavy atom. The van der Waals surface area contributed by atoms with Crippen molar-refractivity contribution in [3.8, 4) is 0 Å². The van der Waals surface area contributed by atoms with Gasteiger partial charge in [-0.15, -0.1) is 0 Å². The van der Waals surface area contributed by atoms with Gasteiger partial charge in [-0.2, -0.15) is 0 Å². The molecule has 1 aliphatic rings. The second kappa shape index (κ2) is 4.61. The molecule has 3 nitrogen and oxygen atoms in total. The lowest BCUT2D eigenvalue weighted by molar-refractivity contribution is -0.143. The maximum Gasteiger partial charge on any atom is 0.308 e. The first-order chi connectivity index (χ1) is 6.13. The van der Waals surface area contributed by atoms with Crippen LogP contribution in [0.4, 0.5) is 0 Å². The standard InChI is InChI=1S/C10H19NO2/c1-7(2)9-8(10(12)13)5-3-4-6-11-9/h7-9,11H,3-6H2,1-2H3,(H,12,13)/t8-,9+/m1/s1. The molecule has 0 saturated carbocycles. The van der Waals surface area contributed by atoms with E-state index >= 15 is 0 Å². The van der Waals surface area contributed by atoms with Gasteiger partial charge in [0, 0.05) is 6.04 Å². The van der Waals surface area contributed by atoms with Crippen LogP contribution in [0.2, 0.25) is 0 Å². The number of carboxylic acid groups (broad SMARTS) is 1. The average Bonchev–Trinajstić information content (AvgIpc) is 2.27. The molecule has 0 spiro atoms. The van der Waals surface area contributed by atoms with Crippen molar-refractivity contribution in [1.82, 2.24) is 5.32 Å². The molecule has 1 rings (SSSR count). The number of carbonyl (C=O) groups is 1. The van der Waals surface area contributed by atoms with E-state index in [1.807, 2.05) is 0 Å². The van der Waals surface area contributed by atoms with Crippen LogP contribution < -0.4 is 5.32 Å². The van der Waals surface area contributed by atoms with E-state index in [1.165, 1.54) is 0 Å². The zero-order valence-corrected chi connectivity index (χ0v) is 8.42. The van der Waals surface area contributed by atoms with E-state index in [4.69, 9.17) is 5.11 Å². The highest BCUT2D eigenvalue weighted by Crippen LogP contribution is 2.22. The number of hydrogen-bond donors (Lipinski definition) is 2. The smallest absolute Gasteiger partial charge is 0.308 e. The first kappa shape index (κ1) is 10.5. The molecule has 2 N–H and O–H groups in total. The molecule has 0 aromatic carbocycles. The van der Waals surface area contributed by atoms with Gasteiger partial charge >= 0.3 is 5.97 Å². The Balaban J connectivity index is 2.66. The van der Waals surface area contributed by atoms with E-state index in [9.17, 15) is 4.79 Å². The second-order valence-corrected chi connectivity index (χ2v) is 4.16. The van der Waals surface area contributed by atoms with Crippen LogP contribution in [0.3, 0.4) is 0 Å². The summed E-state index contributed by atoms with van der Waals surface area (Å²) >= 11 is 0. The first-order valence-electron chi connectivity index (χ1n) is 5.09. The Kier molecular flexibility index (Phi) is 3.72. The highest BCUT2D eigenvalue weighted by molar-refractivity contribution is 5.71. The van der Waals surface area contributed by atoms with Gasteiger partial charge in [0.2, 0.25) is 0 Å². The minimum atomic E-state index is -0.645. The summed E-state index contributed by atoms with van der Waals surface area (Å²) < 4.78 is 0. The molecule has 0 aromatic rings. The van der Waals surface area contributed by atoms with E-state index < -0.39 is 5.97 Å². The molecule has 2 atom stereocenters. The predicted octanol–water partition coefficient (Wildman–Crippen LogP) is 1.49. The van der Waals surface area contributed by atoms with Crippen molar-refractivity contribution in [3.63, 3.8) is 0 Å². The van der Waals surface area contributed by atoms with E-state index in [0.29, 0.717) is 5.92 Å². The van der Waals surface area contributed by atoms with Gasteiger partial charge < -0.3 is 10.4 Å². The molecule has 1 aliphatic heterocycles. The van der Waals surface area contributed by atoms with Crippen LogP contribution >= 0.6 is 0 Å². The van der Waals surface area contributed by atoms with Gasteiger partial charge in [-0.1, -0.05) is 20.3 Å². The monoisotopic (exact) mass is 185 g/mol. The quantitative estimate of drug-likeness (QED) is 0.685. The molecule has 0 unspecified atom stereocenters. The third-order valence-corrected chi connectivity index (χ3v) is 2.79. The minimum Gasteiger partial charge on any atom is -0.481 e. The molecule has 0 radical (unpaired) electrons. The van der Waals surface area contributed by atoms with Gasteiger partial charge in [0.15, 0.2) is 0 Å². The van der Waals surface area contributed by atoms with Gasteiger partial charge in [-0.3, -0.25) is 4.79 Å². The molecule has 0 bridgehead atoms. The fourth-order valence-electron chi connectivity index (χ4n) is 2.06. The van der Waals surface area contributed by atoms with E-state index in [2.05, 4.69) is 19.2 Å². The lowest BCUT2D eigenvalue weighted by Gasteiger charge is -2.25. The second-order valence-electron chi connectivity index (χ2n) is 4.16. The number of aliphatic carboxylic acids is 1. The Morgan fingerprint density at radius 3 is 2.69 bits per heavy atom. The molecule has 3 heteroatoms. The lowest BCUT2D eigenvalue weighted by atomic mass is 9.88. The van der Waals surface area contributed by atoms with Crippen LogP contribution in [-0.4, -0.2) is 23.7 Å². The summed E-state index contributed by atoms with van der Waals surface area (Å²) in [6.07, 6.45) is 2.96. The van der Waals surface area contributed by atoms with Crippen molar-refractivity contribution in [1.29, 1.82) is 0 Å². The maximum absolute atomic E-state index is 11.0. The zero-order chi connectivity index (χ0) is 9.84. The van der Waals surface area contributed by atoms with Gasteiger partial charge in [-0.25, -0.2) is 0 Å². The molecule has 76 valence electrons. The largest absolute Gasteiger partial charge is 0.481 e. The maximum atomic E-state index is 11.0. The fourth-order valence-corrected chi connectivity index (χ4v) is 2.06. The summed E-state index contributed by atoms with van der Waals surface area (Å²) in [5.74, 6) is -0.435. The van der Waals surface area contributed by atoms with E-state index in [0.717, 1.165) is 25.8 Å². The number of hydrogen-bond acceptors (Lipinski definition) is 2. The molecular weight excluding hydrogens is 166 g/mol. The molecule has 0 amide bonds. The van der Waals surface area contributed by atoms with Crippen LogP contribution in [0.25, 0.3) is 0 Å². The van der Waals surface area contributed by atoms with Crippen molar-refractivity contribution in [2.75, 3.05) is 6.54 Å². The highest BCUT2D eigenvalue weighted by atomic mass is 16.4. The molecular formula is C10H19NO2. The van der Waals surface area contributed by atoms with Crippen LogP contribution in [0.15, 0.2) is 0 Å². The zero-order valence-electron chi connectivity index (χ0n) is 8.42. The van der Waals surface area contributed by atoms with Gasteiger partial charge in [0.05, 0.1) is 5.92 Å². The third-order valence-electron chi connectivity index (χ3n) is 2.79. The SMILES string of the molecule is CC(C)[C@@H]1NCCCC[C@H]1C(=O)O. The fraction of sp³-hybridized carbons (Fsp3) is 0.900. The van der Waals surface area contributed by atoms with Gasteiger partial charge in [-0.05, 0) is 25.3 Å². The van der Waals surface area contributed by atoms with E-state index in [-0.39, 0.29) is 12.0 Å². The third kappa shape index (κ3) is 2.69. The molecule has 1 fully saturated rings.